The zero-order valence-electron chi connectivity index (χ0n) is 14.3. The van der Waals surface area contributed by atoms with Crippen LogP contribution in [0, 0.1) is 0 Å². The quantitative estimate of drug-likeness (QED) is 0.359. The summed E-state index contributed by atoms with van der Waals surface area (Å²) in [4.78, 5) is 9.95. The molecule has 24 heavy (non-hydrogen) atoms. The third-order valence-corrected chi connectivity index (χ3v) is 4.32. The van der Waals surface area contributed by atoms with Gasteiger partial charge in [-0.05, 0) is 20.0 Å². The predicted molar refractivity (Wildman–Crippen MR) is 103 cm³/mol. The van der Waals surface area contributed by atoms with Gasteiger partial charge >= 0.3 is 6.18 Å². The molecule has 10 heteroatoms. The fourth-order valence-corrected chi connectivity index (χ4v) is 2.86. The number of halogens is 4. The van der Waals surface area contributed by atoms with Gasteiger partial charge in [0.05, 0.1) is 6.54 Å². The van der Waals surface area contributed by atoms with E-state index in [4.69, 9.17) is 0 Å². The molecule has 1 aromatic heterocycles. The summed E-state index contributed by atoms with van der Waals surface area (Å²) in [6.07, 6.45) is -4.39. The molecule has 0 aliphatic carbocycles. The predicted octanol–water partition coefficient (Wildman–Crippen LogP) is 3.18. The Kier molecular flexibility index (Phi) is 10.8. The van der Waals surface area contributed by atoms with Gasteiger partial charge in [-0.3, -0.25) is 9.89 Å². The minimum atomic E-state index is -4.39. The van der Waals surface area contributed by atoms with E-state index in [-0.39, 0.29) is 30.5 Å². The maximum atomic E-state index is 12.5. The normalized spacial score (nSPS) is 13.6. The summed E-state index contributed by atoms with van der Waals surface area (Å²) < 4.78 is 37.5. The first-order valence-corrected chi connectivity index (χ1v) is 8.39. The van der Waals surface area contributed by atoms with Crippen LogP contribution in [0.3, 0.4) is 0 Å². The van der Waals surface area contributed by atoms with Crippen molar-refractivity contribution in [1.29, 1.82) is 0 Å². The number of aromatic nitrogens is 1. The Balaban J connectivity index is 0.00000529. The smallest absolute Gasteiger partial charge is 0.355 e. The minimum absolute atomic E-state index is 0. The lowest BCUT2D eigenvalue weighted by atomic mass is 10.3. The molecule has 2 N–H and O–H groups in total. The van der Waals surface area contributed by atoms with Crippen LogP contribution in [-0.4, -0.2) is 48.6 Å². The summed E-state index contributed by atoms with van der Waals surface area (Å²) in [5, 5.41) is 7.55. The summed E-state index contributed by atoms with van der Waals surface area (Å²) >= 11 is 0.981. The first kappa shape index (κ1) is 23.4. The first-order valence-electron chi connectivity index (χ1n) is 7.51. The van der Waals surface area contributed by atoms with Crippen LogP contribution in [0.2, 0.25) is 0 Å². The van der Waals surface area contributed by atoms with E-state index in [2.05, 4.69) is 46.3 Å². The topological polar surface area (TPSA) is 52.5 Å². The molecule has 0 bridgehead atoms. The molecular weight excluding hydrogens is 454 g/mol. The van der Waals surface area contributed by atoms with E-state index in [1.807, 2.05) is 0 Å². The molecule has 0 saturated carbocycles. The molecule has 1 atom stereocenters. The molecule has 1 unspecified atom stereocenters. The number of rotatable bonds is 7. The Morgan fingerprint density at radius 2 is 1.96 bits per heavy atom. The highest BCUT2D eigenvalue weighted by Crippen LogP contribution is 2.29. The molecule has 140 valence electrons. The Labute approximate surface area is 162 Å². The zero-order chi connectivity index (χ0) is 17.5. The second-order valence-electron chi connectivity index (χ2n) is 5.00. The maximum Gasteiger partial charge on any atom is 0.434 e. The van der Waals surface area contributed by atoms with E-state index in [9.17, 15) is 13.2 Å². The lowest BCUT2D eigenvalue weighted by Crippen LogP contribution is -2.45. The van der Waals surface area contributed by atoms with E-state index < -0.39 is 11.9 Å². The Hall–Kier alpha value is -0.620. The Morgan fingerprint density at radius 3 is 2.42 bits per heavy atom. The lowest BCUT2D eigenvalue weighted by molar-refractivity contribution is -0.140. The maximum absolute atomic E-state index is 12.5. The molecular formula is C14H25F3IN5S. The molecule has 0 radical (unpaired) electrons. The minimum Gasteiger partial charge on any atom is -0.355 e. The van der Waals surface area contributed by atoms with Crippen LogP contribution in [0.5, 0.6) is 0 Å². The zero-order valence-corrected chi connectivity index (χ0v) is 17.4. The highest BCUT2D eigenvalue weighted by atomic mass is 127. The van der Waals surface area contributed by atoms with Gasteiger partial charge in [-0.15, -0.1) is 35.3 Å². The van der Waals surface area contributed by atoms with Crippen molar-refractivity contribution >= 4 is 41.3 Å². The largest absolute Gasteiger partial charge is 0.434 e. The van der Waals surface area contributed by atoms with Crippen molar-refractivity contribution in [1.82, 2.24) is 20.5 Å². The molecule has 0 aromatic carbocycles. The highest BCUT2D eigenvalue weighted by Gasteiger charge is 2.33. The highest BCUT2D eigenvalue weighted by molar-refractivity contribution is 14.0. The van der Waals surface area contributed by atoms with Crippen molar-refractivity contribution in [3.63, 3.8) is 0 Å². The molecule has 0 spiro atoms. The summed E-state index contributed by atoms with van der Waals surface area (Å²) in [6.45, 7) is 9.16. The van der Waals surface area contributed by atoms with E-state index >= 15 is 0 Å². The fourth-order valence-electron chi connectivity index (χ4n) is 2.12. The lowest BCUT2D eigenvalue weighted by Gasteiger charge is -2.27. The standard InChI is InChI=1S/C14H24F3N5S.HI/c1-5-22(6-2)10(3)7-19-13(18-4)20-8-12-21-11(9-23-12)14(15,16)17;/h9-10H,5-8H2,1-4H3,(H2,18,19,20);1H. The number of hydrogen-bond donors (Lipinski definition) is 2. The van der Waals surface area contributed by atoms with Gasteiger partial charge in [0.2, 0.25) is 0 Å². The molecule has 1 heterocycles. The number of alkyl halides is 3. The third kappa shape index (κ3) is 7.51. The molecule has 0 aliphatic rings. The molecule has 5 nitrogen and oxygen atoms in total. The van der Waals surface area contributed by atoms with Crippen LogP contribution >= 0.6 is 35.3 Å². The van der Waals surface area contributed by atoms with Crippen LogP contribution in [0.15, 0.2) is 10.4 Å². The van der Waals surface area contributed by atoms with Gasteiger partial charge < -0.3 is 10.6 Å². The van der Waals surface area contributed by atoms with Crippen molar-refractivity contribution in [2.75, 3.05) is 26.7 Å². The summed E-state index contributed by atoms with van der Waals surface area (Å²) in [6, 6.07) is 0.334. The van der Waals surface area contributed by atoms with Crippen LogP contribution in [-0.2, 0) is 12.7 Å². The number of nitrogens with one attached hydrogen (secondary N) is 2. The first-order chi connectivity index (χ1) is 10.8. The van der Waals surface area contributed by atoms with E-state index in [0.29, 0.717) is 23.6 Å². The molecule has 0 saturated heterocycles. The SMILES string of the molecule is CCN(CC)C(C)CNC(=NC)NCc1nc(C(F)(F)F)cs1.I. The summed E-state index contributed by atoms with van der Waals surface area (Å²) in [5.41, 5.74) is -0.850. The van der Waals surface area contributed by atoms with Gasteiger partial charge in [-0.2, -0.15) is 13.2 Å². The Bertz CT molecular complexity index is 503. The second kappa shape index (κ2) is 11.1. The van der Waals surface area contributed by atoms with Crippen LogP contribution < -0.4 is 10.6 Å². The average molecular weight is 479 g/mol. The molecule has 1 aromatic rings. The van der Waals surface area contributed by atoms with Crippen molar-refractivity contribution < 1.29 is 13.2 Å². The van der Waals surface area contributed by atoms with E-state index in [1.165, 1.54) is 0 Å². The van der Waals surface area contributed by atoms with Gasteiger partial charge in [-0.25, -0.2) is 4.98 Å². The van der Waals surface area contributed by atoms with E-state index in [1.54, 1.807) is 7.05 Å². The molecule has 0 amide bonds. The van der Waals surface area contributed by atoms with Crippen molar-refractivity contribution in [2.24, 2.45) is 4.99 Å². The number of likely N-dealkylation sites (N-methyl/N-ethyl adjacent to an activating group) is 1. The fraction of sp³-hybridized carbons (Fsp3) is 0.714. The van der Waals surface area contributed by atoms with Crippen molar-refractivity contribution in [3.8, 4) is 0 Å². The summed E-state index contributed by atoms with van der Waals surface area (Å²) in [5.74, 6) is 0.549. The van der Waals surface area contributed by atoms with Crippen molar-refractivity contribution in [2.45, 2.75) is 39.5 Å². The number of hydrogen-bond acceptors (Lipinski definition) is 4. The molecule has 0 fully saturated rings. The van der Waals surface area contributed by atoms with Gasteiger partial charge in [0.15, 0.2) is 11.7 Å². The van der Waals surface area contributed by atoms with E-state index in [0.717, 1.165) is 29.8 Å². The number of guanidine groups is 1. The number of thiazole rings is 1. The van der Waals surface area contributed by atoms with Crippen LogP contribution in [0.25, 0.3) is 0 Å². The van der Waals surface area contributed by atoms with Crippen molar-refractivity contribution in [3.05, 3.63) is 16.1 Å². The monoisotopic (exact) mass is 479 g/mol. The third-order valence-electron chi connectivity index (χ3n) is 3.47. The van der Waals surface area contributed by atoms with Gasteiger partial charge in [0.1, 0.15) is 5.01 Å². The van der Waals surface area contributed by atoms with Gasteiger partial charge in [0, 0.05) is 25.0 Å². The second-order valence-corrected chi connectivity index (χ2v) is 5.94. The van der Waals surface area contributed by atoms with Crippen LogP contribution in [0.4, 0.5) is 13.2 Å². The number of nitrogens with zero attached hydrogens (tertiary/aromatic N) is 3. The van der Waals surface area contributed by atoms with Crippen LogP contribution in [0.1, 0.15) is 31.5 Å². The Morgan fingerprint density at radius 1 is 1.33 bits per heavy atom. The average Bonchev–Trinajstić information content (AvgIpc) is 2.97. The molecule has 0 aliphatic heterocycles. The number of aliphatic imine (C=N–C) groups is 1. The summed E-state index contributed by atoms with van der Waals surface area (Å²) in [7, 11) is 1.63. The van der Waals surface area contributed by atoms with Gasteiger partial charge in [-0.1, -0.05) is 13.8 Å². The van der Waals surface area contributed by atoms with Gasteiger partial charge in [0.25, 0.3) is 0 Å². The molecule has 1 rings (SSSR count).